The van der Waals surface area contributed by atoms with Gasteiger partial charge in [-0.25, -0.2) is 0 Å². The number of carboxylic acid groups (broad SMARTS) is 1. The minimum Gasteiger partial charge on any atom is -0.480 e. The summed E-state index contributed by atoms with van der Waals surface area (Å²) in [5.41, 5.74) is 5.43. The summed E-state index contributed by atoms with van der Waals surface area (Å²) >= 11 is 0. The summed E-state index contributed by atoms with van der Waals surface area (Å²) in [6.45, 7) is 2.13. The van der Waals surface area contributed by atoms with Crippen molar-refractivity contribution >= 4 is 5.97 Å². The summed E-state index contributed by atoms with van der Waals surface area (Å²) < 4.78 is 0. The van der Waals surface area contributed by atoms with Gasteiger partial charge in [-0.1, -0.05) is 0 Å². The van der Waals surface area contributed by atoms with E-state index in [9.17, 15) is 4.79 Å². The zero-order valence-electron chi connectivity index (χ0n) is 9.52. The number of aliphatic carboxylic acids is 1. The molecule has 1 fully saturated rings. The number of nitrogens with zero attached hydrogens (tertiary/aromatic N) is 2. The number of hydrogen-bond acceptors (Lipinski definition) is 4. The van der Waals surface area contributed by atoms with E-state index in [2.05, 4.69) is 4.90 Å². The van der Waals surface area contributed by atoms with E-state index < -0.39 is 12.0 Å². The third kappa shape index (κ3) is 3.15. The largest absolute Gasteiger partial charge is 0.480 e. The molecule has 88 valence electrons. The molecule has 15 heavy (non-hydrogen) atoms. The summed E-state index contributed by atoms with van der Waals surface area (Å²) in [6, 6.07) is 0.0737. The molecule has 0 aromatic carbocycles. The summed E-state index contributed by atoms with van der Waals surface area (Å²) in [7, 11) is 4.07. The van der Waals surface area contributed by atoms with Crippen LogP contribution in [0, 0.1) is 0 Å². The van der Waals surface area contributed by atoms with Crippen molar-refractivity contribution in [2.75, 3.05) is 33.7 Å². The van der Waals surface area contributed by atoms with Crippen LogP contribution in [0.15, 0.2) is 0 Å². The van der Waals surface area contributed by atoms with Gasteiger partial charge >= 0.3 is 5.97 Å². The van der Waals surface area contributed by atoms with Crippen molar-refractivity contribution in [3.63, 3.8) is 0 Å². The standard InChI is InChI=1S/C10H21N3O2/c1-12(2)8-4-6-13(7-8)9(3-5-11)10(14)15/h8-9H,3-7,11H2,1-2H3,(H,14,15). The number of likely N-dealkylation sites (tertiary alicyclic amines) is 1. The molecule has 0 radical (unpaired) electrons. The molecule has 5 nitrogen and oxygen atoms in total. The quantitative estimate of drug-likeness (QED) is 0.642. The Kier molecular flexibility index (Phi) is 4.50. The lowest BCUT2D eigenvalue weighted by atomic mass is 10.2. The predicted molar refractivity (Wildman–Crippen MR) is 58.8 cm³/mol. The van der Waals surface area contributed by atoms with Crippen LogP contribution in [-0.2, 0) is 4.79 Å². The number of carbonyl (C=O) groups is 1. The van der Waals surface area contributed by atoms with Gasteiger partial charge in [0.05, 0.1) is 0 Å². The monoisotopic (exact) mass is 215 g/mol. The molecule has 0 amide bonds. The number of carboxylic acids is 1. The van der Waals surface area contributed by atoms with Crippen LogP contribution in [-0.4, -0.2) is 66.7 Å². The van der Waals surface area contributed by atoms with Crippen LogP contribution in [0.1, 0.15) is 12.8 Å². The second-order valence-corrected chi connectivity index (χ2v) is 4.33. The first-order valence-corrected chi connectivity index (χ1v) is 5.39. The Labute approximate surface area is 90.8 Å². The van der Waals surface area contributed by atoms with Crippen molar-refractivity contribution in [2.24, 2.45) is 5.73 Å². The molecule has 0 spiro atoms. The third-order valence-electron chi connectivity index (χ3n) is 3.09. The fourth-order valence-corrected chi connectivity index (χ4v) is 2.09. The highest BCUT2D eigenvalue weighted by atomic mass is 16.4. The van der Waals surface area contributed by atoms with E-state index in [-0.39, 0.29) is 0 Å². The predicted octanol–water partition coefficient (Wildman–Crippen LogP) is -0.576. The Balaban J connectivity index is 2.52. The van der Waals surface area contributed by atoms with Crippen molar-refractivity contribution in [2.45, 2.75) is 24.9 Å². The van der Waals surface area contributed by atoms with E-state index in [0.29, 0.717) is 19.0 Å². The van der Waals surface area contributed by atoms with Crippen LogP contribution < -0.4 is 5.73 Å². The van der Waals surface area contributed by atoms with E-state index >= 15 is 0 Å². The first-order chi connectivity index (χ1) is 7.06. The Morgan fingerprint density at radius 2 is 2.33 bits per heavy atom. The molecule has 0 bridgehead atoms. The lowest BCUT2D eigenvalue weighted by Crippen LogP contribution is -2.42. The Hall–Kier alpha value is -0.650. The first-order valence-electron chi connectivity index (χ1n) is 5.39. The lowest BCUT2D eigenvalue weighted by Gasteiger charge is -2.25. The molecule has 2 unspecified atom stereocenters. The summed E-state index contributed by atoms with van der Waals surface area (Å²) in [5, 5.41) is 9.08. The van der Waals surface area contributed by atoms with Gasteiger partial charge in [-0.3, -0.25) is 9.69 Å². The van der Waals surface area contributed by atoms with Crippen molar-refractivity contribution in [3.8, 4) is 0 Å². The highest BCUT2D eigenvalue weighted by Gasteiger charge is 2.32. The Morgan fingerprint density at radius 3 is 2.73 bits per heavy atom. The minimum atomic E-state index is -0.750. The second-order valence-electron chi connectivity index (χ2n) is 4.33. The fourth-order valence-electron chi connectivity index (χ4n) is 2.09. The molecule has 1 aliphatic rings. The summed E-state index contributed by atoms with van der Waals surface area (Å²) in [5.74, 6) is -0.750. The van der Waals surface area contributed by atoms with Gasteiger partial charge in [0.25, 0.3) is 0 Å². The van der Waals surface area contributed by atoms with Crippen LogP contribution in [0.3, 0.4) is 0 Å². The Bertz CT molecular complexity index is 221. The number of rotatable bonds is 5. The maximum Gasteiger partial charge on any atom is 0.320 e. The normalized spacial score (nSPS) is 24.7. The third-order valence-corrected chi connectivity index (χ3v) is 3.09. The van der Waals surface area contributed by atoms with E-state index in [0.717, 1.165) is 19.5 Å². The van der Waals surface area contributed by atoms with Gasteiger partial charge in [0.1, 0.15) is 6.04 Å². The molecule has 5 heteroatoms. The highest BCUT2D eigenvalue weighted by molar-refractivity contribution is 5.73. The average Bonchev–Trinajstić information content (AvgIpc) is 2.62. The Morgan fingerprint density at radius 1 is 1.67 bits per heavy atom. The SMILES string of the molecule is CN(C)C1CCN(C(CCN)C(=O)O)C1. The fraction of sp³-hybridized carbons (Fsp3) is 0.900. The van der Waals surface area contributed by atoms with Crippen LogP contribution in [0.25, 0.3) is 0 Å². The van der Waals surface area contributed by atoms with Gasteiger partial charge in [0.15, 0.2) is 0 Å². The molecule has 0 aromatic heterocycles. The molecule has 0 aromatic rings. The zero-order chi connectivity index (χ0) is 11.4. The maximum atomic E-state index is 11.0. The molecular formula is C10H21N3O2. The van der Waals surface area contributed by atoms with Crippen molar-refractivity contribution < 1.29 is 9.90 Å². The number of hydrogen-bond donors (Lipinski definition) is 2. The summed E-state index contributed by atoms with van der Waals surface area (Å²) in [6.07, 6.45) is 1.58. The van der Waals surface area contributed by atoms with E-state index in [1.807, 2.05) is 19.0 Å². The average molecular weight is 215 g/mol. The van der Waals surface area contributed by atoms with Gasteiger partial charge in [0.2, 0.25) is 0 Å². The van der Waals surface area contributed by atoms with Crippen molar-refractivity contribution in [3.05, 3.63) is 0 Å². The molecule has 0 aliphatic carbocycles. The molecule has 3 N–H and O–H groups in total. The van der Waals surface area contributed by atoms with Gasteiger partial charge in [-0.05, 0) is 33.5 Å². The van der Waals surface area contributed by atoms with Gasteiger partial charge in [0, 0.05) is 19.1 Å². The van der Waals surface area contributed by atoms with E-state index in [4.69, 9.17) is 10.8 Å². The van der Waals surface area contributed by atoms with Crippen LogP contribution >= 0.6 is 0 Å². The molecule has 1 aliphatic heterocycles. The van der Waals surface area contributed by atoms with Gasteiger partial charge in [-0.2, -0.15) is 0 Å². The topological polar surface area (TPSA) is 69.8 Å². The molecule has 1 saturated heterocycles. The van der Waals surface area contributed by atoms with Gasteiger partial charge in [-0.15, -0.1) is 0 Å². The second kappa shape index (κ2) is 5.44. The van der Waals surface area contributed by atoms with Crippen LogP contribution in [0.5, 0.6) is 0 Å². The van der Waals surface area contributed by atoms with Crippen LogP contribution in [0.4, 0.5) is 0 Å². The number of nitrogens with two attached hydrogens (primary N) is 1. The lowest BCUT2D eigenvalue weighted by molar-refractivity contribution is -0.143. The molecule has 1 heterocycles. The molecular weight excluding hydrogens is 194 g/mol. The van der Waals surface area contributed by atoms with E-state index in [1.54, 1.807) is 0 Å². The van der Waals surface area contributed by atoms with Crippen molar-refractivity contribution in [1.29, 1.82) is 0 Å². The van der Waals surface area contributed by atoms with Gasteiger partial charge < -0.3 is 15.7 Å². The highest BCUT2D eigenvalue weighted by Crippen LogP contribution is 2.17. The minimum absolute atomic E-state index is 0.403. The first kappa shape index (κ1) is 12.4. The molecule has 2 atom stereocenters. The van der Waals surface area contributed by atoms with Crippen LogP contribution in [0.2, 0.25) is 0 Å². The van der Waals surface area contributed by atoms with Crippen molar-refractivity contribution in [1.82, 2.24) is 9.80 Å². The summed E-state index contributed by atoms with van der Waals surface area (Å²) in [4.78, 5) is 15.2. The number of likely N-dealkylation sites (N-methyl/N-ethyl adjacent to an activating group) is 1. The van der Waals surface area contributed by atoms with E-state index in [1.165, 1.54) is 0 Å². The molecule has 0 saturated carbocycles. The molecule has 1 rings (SSSR count). The maximum absolute atomic E-state index is 11.0. The smallest absolute Gasteiger partial charge is 0.320 e. The zero-order valence-corrected chi connectivity index (χ0v) is 9.52.